The second-order valence-electron chi connectivity index (χ2n) is 1.02. The summed E-state index contributed by atoms with van der Waals surface area (Å²) in [7, 11) is 0. The van der Waals surface area contributed by atoms with Crippen molar-refractivity contribution in [1.82, 2.24) is 5.43 Å². The van der Waals surface area contributed by atoms with Gasteiger partial charge in [0, 0.05) is 6.21 Å². The van der Waals surface area contributed by atoms with Crippen molar-refractivity contribution in [2.24, 2.45) is 10.8 Å². The van der Waals surface area contributed by atoms with Crippen LogP contribution in [-0.4, -0.2) is 6.21 Å². The molecule has 0 aliphatic carbocycles. The third-order valence-electron chi connectivity index (χ3n) is 0.337. The van der Waals surface area contributed by atoms with Gasteiger partial charge < -0.3 is 5.73 Å². The first kappa shape index (κ1) is 6.01. The Kier molecular flexibility index (Phi) is 2.76. The van der Waals surface area contributed by atoms with Crippen molar-refractivity contribution < 1.29 is 0 Å². The van der Waals surface area contributed by atoms with Crippen LogP contribution in [0.25, 0.3) is 0 Å². The molecule has 0 aliphatic rings. The number of hydrogen-bond donors (Lipinski definition) is 2. The third-order valence-corrected chi connectivity index (χ3v) is 0.337. The van der Waals surface area contributed by atoms with Gasteiger partial charge in [-0.3, -0.25) is 5.43 Å². The van der Waals surface area contributed by atoms with Gasteiger partial charge in [-0.15, -0.1) is 0 Å². The van der Waals surface area contributed by atoms with Gasteiger partial charge in [-0.2, -0.15) is 5.10 Å². The van der Waals surface area contributed by atoms with Crippen LogP contribution in [0.2, 0.25) is 0 Å². The molecule has 7 heavy (non-hydrogen) atoms. The molecule has 0 spiro atoms. The van der Waals surface area contributed by atoms with Gasteiger partial charge in [0.2, 0.25) is 0 Å². The van der Waals surface area contributed by atoms with E-state index in [2.05, 4.69) is 17.1 Å². The maximum atomic E-state index is 5.06. The Hall–Kier alpha value is -0.990. The minimum Gasteiger partial charge on any atom is -0.385 e. The first-order valence-electron chi connectivity index (χ1n) is 1.95. The zero-order chi connectivity index (χ0) is 5.70. The molecule has 0 amide bonds. The van der Waals surface area contributed by atoms with Gasteiger partial charge in [0.1, 0.15) is 5.82 Å². The van der Waals surface area contributed by atoms with Crippen LogP contribution >= 0.6 is 0 Å². The number of nitrogens with zero attached hydrogens (tertiary/aromatic N) is 1. The quantitative estimate of drug-likeness (QED) is 0.378. The predicted molar refractivity (Wildman–Crippen MR) is 30.6 cm³/mol. The molecule has 3 heteroatoms. The van der Waals surface area contributed by atoms with E-state index >= 15 is 0 Å². The molecule has 0 heterocycles. The maximum absolute atomic E-state index is 5.06. The average Bonchev–Trinajstić information content (AvgIpc) is 1.61. The molecule has 0 bridgehead atoms. The Morgan fingerprint density at radius 2 is 2.57 bits per heavy atom. The van der Waals surface area contributed by atoms with Crippen LogP contribution in [0.1, 0.15) is 6.92 Å². The number of rotatable bonds is 2. The van der Waals surface area contributed by atoms with Crippen LogP contribution < -0.4 is 11.2 Å². The van der Waals surface area contributed by atoms with E-state index in [1.807, 2.05) is 0 Å². The summed E-state index contributed by atoms with van der Waals surface area (Å²) >= 11 is 0. The van der Waals surface area contributed by atoms with Gasteiger partial charge in [-0.1, -0.05) is 6.58 Å². The Morgan fingerprint density at radius 1 is 2.00 bits per heavy atom. The monoisotopic (exact) mass is 99.1 g/mol. The summed E-state index contributed by atoms with van der Waals surface area (Å²) in [4.78, 5) is 0. The molecule has 0 aliphatic heterocycles. The molecule has 0 rings (SSSR count). The van der Waals surface area contributed by atoms with E-state index in [4.69, 9.17) is 5.73 Å². The van der Waals surface area contributed by atoms with Crippen molar-refractivity contribution in [1.29, 1.82) is 0 Å². The van der Waals surface area contributed by atoms with Crippen LogP contribution in [0.4, 0.5) is 0 Å². The molecular weight excluding hydrogens is 90.1 g/mol. The lowest BCUT2D eigenvalue weighted by molar-refractivity contribution is 0.881. The van der Waals surface area contributed by atoms with Crippen molar-refractivity contribution in [3.63, 3.8) is 0 Å². The standard InChI is InChI=1S/C4H9N3/c1-3-6-7-4(2)5/h3,7H,2,5H2,1H3/b6-3+. The fourth-order valence-corrected chi connectivity index (χ4v) is 0.147. The molecule has 0 saturated heterocycles. The van der Waals surface area contributed by atoms with Crippen LogP contribution in [0.5, 0.6) is 0 Å². The topological polar surface area (TPSA) is 50.4 Å². The maximum Gasteiger partial charge on any atom is 0.109 e. The van der Waals surface area contributed by atoms with E-state index in [0.717, 1.165) is 0 Å². The van der Waals surface area contributed by atoms with Gasteiger partial charge in [0.05, 0.1) is 0 Å². The summed E-state index contributed by atoms with van der Waals surface area (Å²) in [6.45, 7) is 5.13. The number of nitrogens with one attached hydrogen (secondary N) is 1. The lowest BCUT2D eigenvalue weighted by Crippen LogP contribution is -2.11. The van der Waals surface area contributed by atoms with Gasteiger partial charge in [0.25, 0.3) is 0 Å². The Labute approximate surface area is 42.9 Å². The van der Waals surface area contributed by atoms with Gasteiger partial charge in [-0.05, 0) is 6.92 Å². The highest BCUT2D eigenvalue weighted by molar-refractivity contribution is 5.52. The van der Waals surface area contributed by atoms with Crippen molar-refractivity contribution in [3.05, 3.63) is 12.4 Å². The zero-order valence-electron chi connectivity index (χ0n) is 4.31. The highest BCUT2D eigenvalue weighted by Gasteiger charge is 1.69. The van der Waals surface area contributed by atoms with Gasteiger partial charge >= 0.3 is 0 Å². The van der Waals surface area contributed by atoms with Crippen LogP contribution in [0.15, 0.2) is 17.5 Å². The van der Waals surface area contributed by atoms with E-state index in [1.165, 1.54) is 0 Å². The summed E-state index contributed by atoms with van der Waals surface area (Å²) in [5.41, 5.74) is 7.51. The fourth-order valence-electron chi connectivity index (χ4n) is 0.147. The zero-order valence-corrected chi connectivity index (χ0v) is 4.31. The molecule has 0 aromatic carbocycles. The van der Waals surface area contributed by atoms with E-state index in [1.54, 1.807) is 13.1 Å². The van der Waals surface area contributed by atoms with Gasteiger partial charge in [-0.25, -0.2) is 0 Å². The first-order valence-corrected chi connectivity index (χ1v) is 1.95. The van der Waals surface area contributed by atoms with Crippen LogP contribution in [-0.2, 0) is 0 Å². The molecule has 0 atom stereocenters. The van der Waals surface area contributed by atoms with E-state index in [-0.39, 0.29) is 0 Å². The SMILES string of the molecule is C=C(N)N/N=C/C. The minimum atomic E-state index is 0.359. The normalized spacial score (nSPS) is 9.29. The van der Waals surface area contributed by atoms with E-state index < -0.39 is 0 Å². The predicted octanol–water partition coefficient (Wildman–Crippen LogP) is 0.0116. The lowest BCUT2D eigenvalue weighted by Gasteiger charge is -1.91. The van der Waals surface area contributed by atoms with E-state index in [0.29, 0.717) is 5.82 Å². The Bertz CT molecular complexity index is 84.9. The summed E-state index contributed by atoms with van der Waals surface area (Å²) in [6, 6.07) is 0. The average molecular weight is 99.1 g/mol. The molecule has 0 fully saturated rings. The smallest absolute Gasteiger partial charge is 0.109 e. The number of hydrazone groups is 1. The van der Waals surface area contributed by atoms with Crippen molar-refractivity contribution in [3.8, 4) is 0 Å². The fraction of sp³-hybridized carbons (Fsp3) is 0.250. The molecular formula is C4H9N3. The lowest BCUT2D eigenvalue weighted by atomic mass is 10.9. The first-order chi connectivity index (χ1) is 3.27. The molecule has 3 nitrogen and oxygen atoms in total. The highest BCUT2D eigenvalue weighted by Crippen LogP contribution is 1.62. The largest absolute Gasteiger partial charge is 0.385 e. The van der Waals surface area contributed by atoms with Crippen molar-refractivity contribution in [2.45, 2.75) is 6.92 Å². The number of hydrogen-bond acceptors (Lipinski definition) is 3. The van der Waals surface area contributed by atoms with Crippen molar-refractivity contribution >= 4 is 6.21 Å². The molecule has 0 unspecified atom stereocenters. The van der Waals surface area contributed by atoms with Gasteiger partial charge in [0.15, 0.2) is 0 Å². The molecule has 0 radical (unpaired) electrons. The molecule has 0 aromatic heterocycles. The van der Waals surface area contributed by atoms with Crippen LogP contribution in [0, 0.1) is 0 Å². The highest BCUT2D eigenvalue weighted by atomic mass is 15.3. The minimum absolute atomic E-state index is 0.359. The summed E-state index contributed by atoms with van der Waals surface area (Å²) < 4.78 is 0. The molecule has 0 saturated carbocycles. The second kappa shape index (κ2) is 3.21. The number of nitrogens with two attached hydrogens (primary N) is 1. The van der Waals surface area contributed by atoms with Crippen molar-refractivity contribution in [2.75, 3.05) is 0 Å². The Balaban J connectivity index is 3.14. The van der Waals surface area contributed by atoms with Crippen LogP contribution in [0.3, 0.4) is 0 Å². The molecule has 0 aromatic rings. The summed E-state index contributed by atoms with van der Waals surface area (Å²) in [5, 5.41) is 3.57. The molecule has 3 N–H and O–H groups in total. The van der Waals surface area contributed by atoms with E-state index in [9.17, 15) is 0 Å². The second-order valence-corrected chi connectivity index (χ2v) is 1.02. The third kappa shape index (κ3) is 5.01. The summed E-state index contributed by atoms with van der Waals surface area (Å²) in [5.74, 6) is 0.359. The molecule has 40 valence electrons. The Morgan fingerprint density at radius 3 is 2.71 bits per heavy atom. The summed E-state index contributed by atoms with van der Waals surface area (Å²) in [6.07, 6.45) is 1.60.